The number of H-pyrrole nitrogens is 1. The maximum atomic E-state index is 13.9. The molecule has 8 nitrogen and oxygen atoms in total. The number of pyridine rings is 1. The molecule has 2 aromatic carbocycles. The zero-order valence-corrected chi connectivity index (χ0v) is 22.7. The molecular formula is C28H33N5O3S. The molecule has 2 heterocycles. The minimum atomic E-state index is -4.05. The van der Waals surface area contributed by atoms with Gasteiger partial charge in [-0.05, 0) is 67.3 Å². The fourth-order valence-electron chi connectivity index (χ4n) is 4.13. The normalized spacial score (nSPS) is 12.0. The molecule has 4 aromatic rings. The molecule has 1 amide bonds. The van der Waals surface area contributed by atoms with Crippen molar-refractivity contribution in [3.8, 4) is 0 Å². The number of anilines is 1. The van der Waals surface area contributed by atoms with Gasteiger partial charge in [0.2, 0.25) is 5.91 Å². The fraction of sp³-hybridized carbons (Fsp3) is 0.321. The van der Waals surface area contributed by atoms with Crippen LogP contribution in [0.25, 0.3) is 10.9 Å². The first-order valence-corrected chi connectivity index (χ1v) is 13.7. The summed E-state index contributed by atoms with van der Waals surface area (Å²) in [5.74, 6) is -0.314. The molecule has 0 radical (unpaired) electrons. The Morgan fingerprint density at radius 3 is 2.41 bits per heavy atom. The van der Waals surface area contributed by atoms with E-state index in [1.165, 1.54) is 4.31 Å². The molecule has 0 fully saturated rings. The van der Waals surface area contributed by atoms with Gasteiger partial charge < -0.3 is 4.90 Å². The summed E-state index contributed by atoms with van der Waals surface area (Å²) in [6, 6.07) is 17.7. The fourth-order valence-corrected chi connectivity index (χ4v) is 5.54. The van der Waals surface area contributed by atoms with Crippen LogP contribution in [0.3, 0.4) is 0 Å². The number of hydrogen-bond donors (Lipinski definition) is 1. The molecule has 4 rings (SSSR count). The van der Waals surface area contributed by atoms with E-state index in [1.54, 1.807) is 41.4 Å². The summed E-state index contributed by atoms with van der Waals surface area (Å²) in [6.07, 6.45) is 1.67. The smallest absolute Gasteiger partial charge is 0.264 e. The van der Waals surface area contributed by atoms with Crippen molar-refractivity contribution in [3.63, 3.8) is 0 Å². The molecule has 0 unspecified atom stereocenters. The predicted octanol–water partition coefficient (Wildman–Crippen LogP) is 4.81. The molecule has 0 atom stereocenters. The van der Waals surface area contributed by atoms with E-state index in [0.29, 0.717) is 24.3 Å². The number of sulfonamides is 1. The van der Waals surface area contributed by atoms with Crippen LogP contribution in [0.2, 0.25) is 0 Å². The molecule has 0 aliphatic rings. The van der Waals surface area contributed by atoms with Crippen LogP contribution in [-0.4, -0.2) is 47.5 Å². The summed E-state index contributed by atoms with van der Waals surface area (Å²) < 4.78 is 29.0. The molecule has 37 heavy (non-hydrogen) atoms. The van der Waals surface area contributed by atoms with Gasteiger partial charge in [0, 0.05) is 17.6 Å². The molecule has 0 aliphatic carbocycles. The third kappa shape index (κ3) is 5.83. The van der Waals surface area contributed by atoms with Crippen LogP contribution in [0.5, 0.6) is 0 Å². The van der Waals surface area contributed by atoms with Crippen molar-refractivity contribution in [2.24, 2.45) is 0 Å². The molecule has 0 spiro atoms. The number of aryl methyl sites for hydroxylation is 1. The summed E-state index contributed by atoms with van der Waals surface area (Å²) in [7, 11) is -4.05. The minimum Gasteiger partial charge on any atom is -0.336 e. The van der Waals surface area contributed by atoms with E-state index in [4.69, 9.17) is 0 Å². The monoisotopic (exact) mass is 519 g/mol. The second kappa shape index (κ2) is 10.3. The third-order valence-corrected chi connectivity index (χ3v) is 8.12. The van der Waals surface area contributed by atoms with Gasteiger partial charge in [-0.2, -0.15) is 5.10 Å². The summed E-state index contributed by atoms with van der Waals surface area (Å²) >= 11 is 0. The van der Waals surface area contributed by atoms with E-state index in [-0.39, 0.29) is 22.8 Å². The van der Waals surface area contributed by atoms with Gasteiger partial charge in [-0.3, -0.25) is 19.2 Å². The summed E-state index contributed by atoms with van der Waals surface area (Å²) in [5.41, 5.74) is 3.59. The van der Waals surface area contributed by atoms with E-state index in [2.05, 4.69) is 36.0 Å². The molecule has 0 saturated heterocycles. The number of aromatic nitrogens is 3. The Balaban J connectivity index is 1.70. The second-order valence-corrected chi connectivity index (χ2v) is 12.0. The lowest BCUT2D eigenvalue weighted by Gasteiger charge is -2.28. The third-order valence-electron chi connectivity index (χ3n) is 6.33. The Hall–Kier alpha value is -3.72. The SMILES string of the molecule is CCN(Cc1cccc(C)n1)C(=O)CN(c1ccc2cn[nH]c2c1)S(=O)(=O)c1ccc(C(C)(C)C)cc1. The van der Waals surface area contributed by atoms with Gasteiger partial charge in [-0.15, -0.1) is 0 Å². The van der Waals surface area contributed by atoms with E-state index in [1.807, 2.05) is 44.2 Å². The van der Waals surface area contributed by atoms with Crippen LogP contribution < -0.4 is 4.31 Å². The highest BCUT2D eigenvalue weighted by atomic mass is 32.2. The first kappa shape index (κ1) is 26.3. The van der Waals surface area contributed by atoms with Gasteiger partial charge in [0.25, 0.3) is 10.0 Å². The maximum Gasteiger partial charge on any atom is 0.264 e. The number of fused-ring (bicyclic) bond motifs is 1. The molecule has 0 bridgehead atoms. The highest BCUT2D eigenvalue weighted by Crippen LogP contribution is 2.29. The first-order valence-electron chi connectivity index (χ1n) is 12.3. The van der Waals surface area contributed by atoms with Gasteiger partial charge in [0.1, 0.15) is 6.54 Å². The van der Waals surface area contributed by atoms with Crippen LogP contribution in [0.15, 0.2) is 71.8 Å². The molecular weight excluding hydrogens is 486 g/mol. The van der Waals surface area contributed by atoms with Crippen LogP contribution in [0.4, 0.5) is 5.69 Å². The van der Waals surface area contributed by atoms with Crippen molar-refractivity contribution in [2.45, 2.75) is 51.5 Å². The summed E-state index contributed by atoms with van der Waals surface area (Å²) in [5, 5.41) is 7.77. The largest absolute Gasteiger partial charge is 0.336 e. The van der Waals surface area contributed by atoms with Gasteiger partial charge in [0.15, 0.2) is 0 Å². The number of rotatable bonds is 8. The summed E-state index contributed by atoms with van der Waals surface area (Å²) in [4.78, 5) is 19.7. The van der Waals surface area contributed by atoms with E-state index in [0.717, 1.165) is 22.3 Å². The van der Waals surface area contributed by atoms with Crippen molar-refractivity contribution in [2.75, 3.05) is 17.4 Å². The topological polar surface area (TPSA) is 99.3 Å². The zero-order chi connectivity index (χ0) is 26.8. The highest BCUT2D eigenvalue weighted by molar-refractivity contribution is 7.92. The van der Waals surface area contributed by atoms with Crippen molar-refractivity contribution >= 4 is 32.5 Å². The standard InChI is InChI=1S/C28H33N5O3S/c1-6-32(18-23-9-7-8-20(2)30-23)27(34)19-33(24-13-10-21-17-29-31-26(21)16-24)37(35,36)25-14-11-22(12-15-25)28(3,4)5/h7-17H,6,18-19H2,1-5H3,(H,29,31). The van der Waals surface area contributed by atoms with E-state index < -0.39 is 10.0 Å². The van der Waals surface area contributed by atoms with Crippen LogP contribution >= 0.6 is 0 Å². The number of nitrogens with zero attached hydrogens (tertiary/aromatic N) is 4. The molecule has 9 heteroatoms. The number of carbonyl (C=O) groups excluding carboxylic acids is 1. The average molecular weight is 520 g/mol. The van der Waals surface area contributed by atoms with Crippen molar-refractivity contribution in [1.82, 2.24) is 20.1 Å². The molecule has 1 N–H and O–H groups in total. The second-order valence-electron chi connectivity index (χ2n) is 10.1. The Kier molecular flexibility index (Phi) is 7.36. The maximum absolute atomic E-state index is 13.9. The van der Waals surface area contributed by atoms with Crippen LogP contribution in [-0.2, 0) is 26.8 Å². The van der Waals surface area contributed by atoms with Crippen LogP contribution in [0, 0.1) is 6.92 Å². The number of nitrogens with one attached hydrogen (secondary N) is 1. The van der Waals surface area contributed by atoms with Gasteiger partial charge in [0.05, 0.1) is 34.5 Å². The number of aromatic amines is 1. The number of hydrogen-bond acceptors (Lipinski definition) is 5. The lowest BCUT2D eigenvalue weighted by molar-refractivity contribution is -0.130. The zero-order valence-electron chi connectivity index (χ0n) is 21.9. The van der Waals surface area contributed by atoms with Gasteiger partial charge in [-0.25, -0.2) is 8.42 Å². The van der Waals surface area contributed by atoms with Crippen molar-refractivity contribution < 1.29 is 13.2 Å². The van der Waals surface area contributed by atoms with Gasteiger partial charge >= 0.3 is 0 Å². The number of carbonyl (C=O) groups is 1. The molecule has 0 saturated carbocycles. The Labute approximate surface area is 218 Å². The molecule has 194 valence electrons. The van der Waals surface area contributed by atoms with Gasteiger partial charge in [-0.1, -0.05) is 39.0 Å². The van der Waals surface area contributed by atoms with Crippen molar-refractivity contribution in [3.05, 3.63) is 83.8 Å². The molecule has 2 aromatic heterocycles. The Morgan fingerprint density at radius 2 is 1.76 bits per heavy atom. The Bertz CT molecular complexity index is 1500. The quantitative estimate of drug-likeness (QED) is 0.360. The van der Waals surface area contributed by atoms with Crippen LogP contribution in [0.1, 0.15) is 44.6 Å². The first-order chi connectivity index (χ1) is 17.5. The van der Waals surface area contributed by atoms with E-state index >= 15 is 0 Å². The highest BCUT2D eigenvalue weighted by Gasteiger charge is 2.29. The lowest BCUT2D eigenvalue weighted by Crippen LogP contribution is -2.43. The number of amides is 1. The number of benzene rings is 2. The van der Waals surface area contributed by atoms with E-state index in [9.17, 15) is 13.2 Å². The predicted molar refractivity (Wildman–Crippen MR) is 146 cm³/mol. The number of likely N-dealkylation sites (N-methyl/N-ethyl adjacent to an activating group) is 1. The summed E-state index contributed by atoms with van der Waals surface area (Å²) in [6.45, 7) is 10.4. The molecule has 0 aliphatic heterocycles. The minimum absolute atomic E-state index is 0.116. The van der Waals surface area contributed by atoms with Crippen molar-refractivity contribution in [1.29, 1.82) is 0 Å². The lowest BCUT2D eigenvalue weighted by atomic mass is 9.87. The Morgan fingerprint density at radius 1 is 1.03 bits per heavy atom. The average Bonchev–Trinajstić information content (AvgIpc) is 3.33.